The molecule has 104 valence electrons. The Bertz CT molecular complexity index is 336. The first-order chi connectivity index (χ1) is 8.71. The lowest BCUT2D eigenvalue weighted by Gasteiger charge is -2.17. The van der Waals surface area contributed by atoms with Gasteiger partial charge in [0.1, 0.15) is 0 Å². The van der Waals surface area contributed by atoms with Gasteiger partial charge in [-0.25, -0.2) is 0 Å². The van der Waals surface area contributed by atoms with Crippen molar-refractivity contribution in [1.82, 2.24) is 15.1 Å². The van der Waals surface area contributed by atoms with Gasteiger partial charge in [0, 0.05) is 25.4 Å². The van der Waals surface area contributed by atoms with Crippen molar-refractivity contribution in [1.29, 1.82) is 0 Å². The monoisotopic (exact) mass is 253 g/mol. The molecule has 1 aromatic rings. The average Bonchev–Trinajstić information content (AvgIpc) is 2.73. The van der Waals surface area contributed by atoms with E-state index in [0.29, 0.717) is 6.04 Å². The van der Waals surface area contributed by atoms with Crippen LogP contribution in [0.1, 0.15) is 38.1 Å². The first-order valence-electron chi connectivity index (χ1n) is 6.96. The van der Waals surface area contributed by atoms with E-state index >= 15 is 0 Å². The molecule has 0 aliphatic rings. The Morgan fingerprint density at radius 2 is 2.22 bits per heavy atom. The van der Waals surface area contributed by atoms with Gasteiger partial charge in [0.05, 0.1) is 12.3 Å². The van der Waals surface area contributed by atoms with Gasteiger partial charge in [-0.15, -0.1) is 0 Å². The molecule has 0 spiro atoms. The molecule has 1 aromatic heterocycles. The fourth-order valence-electron chi connectivity index (χ4n) is 2.19. The second-order valence-corrected chi connectivity index (χ2v) is 4.74. The summed E-state index contributed by atoms with van der Waals surface area (Å²) in [5, 5.41) is 8.01. The molecule has 0 saturated carbocycles. The van der Waals surface area contributed by atoms with Crippen molar-refractivity contribution in [3.8, 4) is 0 Å². The molecule has 0 aromatic carbocycles. The van der Waals surface area contributed by atoms with Crippen LogP contribution in [0.2, 0.25) is 0 Å². The van der Waals surface area contributed by atoms with Crippen LogP contribution in [0.3, 0.4) is 0 Å². The average molecular weight is 253 g/mol. The van der Waals surface area contributed by atoms with Crippen LogP contribution in [-0.4, -0.2) is 36.1 Å². The number of nitrogens with one attached hydrogen (secondary N) is 1. The summed E-state index contributed by atoms with van der Waals surface area (Å²) in [6, 6.07) is 2.63. The van der Waals surface area contributed by atoms with Crippen LogP contribution >= 0.6 is 0 Å². The summed E-state index contributed by atoms with van der Waals surface area (Å²) in [6.45, 7) is 9.15. The minimum atomic E-state index is 0.440. The van der Waals surface area contributed by atoms with Gasteiger partial charge in [0.2, 0.25) is 0 Å². The molecule has 1 unspecified atom stereocenters. The third-order valence-corrected chi connectivity index (χ3v) is 3.08. The standard InChI is InChI=1S/C14H27N3O/c1-5-9-15-13(11-18-4)7-8-14-10-12(3)16-17(14)6-2/h10,13,15H,5-9,11H2,1-4H3. The second-order valence-electron chi connectivity index (χ2n) is 4.74. The van der Waals surface area contributed by atoms with Crippen LogP contribution in [0, 0.1) is 6.92 Å². The van der Waals surface area contributed by atoms with Crippen LogP contribution < -0.4 is 5.32 Å². The number of ether oxygens (including phenoxy) is 1. The molecule has 1 rings (SSSR count). The highest BCUT2D eigenvalue weighted by Crippen LogP contribution is 2.08. The Morgan fingerprint density at radius 3 is 2.83 bits per heavy atom. The Morgan fingerprint density at radius 1 is 1.44 bits per heavy atom. The van der Waals surface area contributed by atoms with E-state index in [1.165, 1.54) is 5.69 Å². The van der Waals surface area contributed by atoms with Crippen molar-refractivity contribution in [3.05, 3.63) is 17.5 Å². The van der Waals surface area contributed by atoms with Crippen molar-refractivity contribution in [2.24, 2.45) is 0 Å². The van der Waals surface area contributed by atoms with E-state index in [9.17, 15) is 0 Å². The molecule has 0 amide bonds. The smallest absolute Gasteiger partial charge is 0.0615 e. The molecular formula is C14H27N3O. The van der Waals surface area contributed by atoms with Gasteiger partial charge in [0.15, 0.2) is 0 Å². The fourth-order valence-corrected chi connectivity index (χ4v) is 2.19. The topological polar surface area (TPSA) is 39.1 Å². The minimum Gasteiger partial charge on any atom is -0.383 e. The van der Waals surface area contributed by atoms with Crippen molar-refractivity contribution in [2.45, 2.75) is 52.6 Å². The molecule has 0 aliphatic carbocycles. The van der Waals surface area contributed by atoms with E-state index < -0.39 is 0 Å². The van der Waals surface area contributed by atoms with E-state index in [4.69, 9.17) is 4.74 Å². The number of aromatic nitrogens is 2. The van der Waals surface area contributed by atoms with E-state index in [0.717, 1.165) is 44.7 Å². The largest absolute Gasteiger partial charge is 0.383 e. The summed E-state index contributed by atoms with van der Waals surface area (Å²) in [5.41, 5.74) is 2.44. The zero-order valence-electron chi connectivity index (χ0n) is 12.2. The Labute approximate surface area is 111 Å². The van der Waals surface area contributed by atoms with Gasteiger partial charge in [-0.3, -0.25) is 4.68 Å². The summed E-state index contributed by atoms with van der Waals surface area (Å²) >= 11 is 0. The van der Waals surface area contributed by atoms with Crippen molar-refractivity contribution < 1.29 is 4.74 Å². The molecule has 1 atom stereocenters. The van der Waals surface area contributed by atoms with Crippen LogP contribution in [-0.2, 0) is 17.7 Å². The maximum atomic E-state index is 5.27. The number of hydrogen-bond donors (Lipinski definition) is 1. The summed E-state index contributed by atoms with van der Waals surface area (Å²) in [5.74, 6) is 0. The zero-order chi connectivity index (χ0) is 13.4. The van der Waals surface area contributed by atoms with Crippen molar-refractivity contribution >= 4 is 0 Å². The van der Waals surface area contributed by atoms with E-state index in [1.807, 2.05) is 0 Å². The molecule has 0 fully saturated rings. The number of rotatable bonds is 9. The maximum absolute atomic E-state index is 5.27. The molecular weight excluding hydrogens is 226 g/mol. The summed E-state index contributed by atoms with van der Waals surface area (Å²) in [7, 11) is 1.76. The summed E-state index contributed by atoms with van der Waals surface area (Å²) in [6.07, 6.45) is 3.31. The highest BCUT2D eigenvalue weighted by atomic mass is 16.5. The first kappa shape index (κ1) is 15.2. The fraction of sp³-hybridized carbons (Fsp3) is 0.786. The predicted octanol–water partition coefficient (Wildman–Crippen LogP) is 2.16. The third kappa shape index (κ3) is 4.78. The molecule has 18 heavy (non-hydrogen) atoms. The Kier molecular flexibility index (Phi) is 6.98. The van der Waals surface area contributed by atoms with Gasteiger partial charge in [0.25, 0.3) is 0 Å². The predicted molar refractivity (Wildman–Crippen MR) is 74.9 cm³/mol. The molecule has 1 N–H and O–H groups in total. The van der Waals surface area contributed by atoms with Crippen LogP contribution in [0.4, 0.5) is 0 Å². The molecule has 0 saturated heterocycles. The maximum Gasteiger partial charge on any atom is 0.0615 e. The number of nitrogens with zero attached hydrogens (tertiary/aromatic N) is 2. The van der Waals surface area contributed by atoms with E-state index in [2.05, 4.69) is 41.9 Å². The van der Waals surface area contributed by atoms with Crippen molar-refractivity contribution in [2.75, 3.05) is 20.3 Å². The molecule has 4 heteroatoms. The normalized spacial score (nSPS) is 12.9. The van der Waals surface area contributed by atoms with Gasteiger partial charge < -0.3 is 10.1 Å². The van der Waals surface area contributed by atoms with E-state index in [1.54, 1.807) is 7.11 Å². The minimum absolute atomic E-state index is 0.440. The third-order valence-electron chi connectivity index (χ3n) is 3.08. The van der Waals surface area contributed by atoms with Gasteiger partial charge in [-0.1, -0.05) is 6.92 Å². The number of methoxy groups -OCH3 is 1. The van der Waals surface area contributed by atoms with Gasteiger partial charge >= 0.3 is 0 Å². The summed E-state index contributed by atoms with van der Waals surface area (Å²) in [4.78, 5) is 0. The molecule has 4 nitrogen and oxygen atoms in total. The SMILES string of the molecule is CCCNC(CCc1cc(C)nn1CC)COC. The number of aryl methyl sites for hydroxylation is 3. The van der Waals surface area contributed by atoms with E-state index in [-0.39, 0.29) is 0 Å². The number of hydrogen-bond acceptors (Lipinski definition) is 3. The van der Waals surface area contributed by atoms with Crippen LogP contribution in [0.5, 0.6) is 0 Å². The molecule has 0 bridgehead atoms. The lowest BCUT2D eigenvalue weighted by molar-refractivity contribution is 0.162. The molecule has 0 radical (unpaired) electrons. The summed E-state index contributed by atoms with van der Waals surface area (Å²) < 4.78 is 7.36. The zero-order valence-corrected chi connectivity index (χ0v) is 12.2. The Balaban J connectivity index is 2.49. The Hall–Kier alpha value is -0.870. The lowest BCUT2D eigenvalue weighted by Crippen LogP contribution is -2.34. The van der Waals surface area contributed by atoms with Crippen LogP contribution in [0.15, 0.2) is 6.07 Å². The lowest BCUT2D eigenvalue weighted by atomic mass is 10.1. The highest BCUT2D eigenvalue weighted by Gasteiger charge is 2.10. The first-order valence-corrected chi connectivity index (χ1v) is 6.96. The van der Waals surface area contributed by atoms with Crippen molar-refractivity contribution in [3.63, 3.8) is 0 Å². The van der Waals surface area contributed by atoms with Gasteiger partial charge in [-0.05, 0) is 45.7 Å². The molecule has 1 heterocycles. The highest BCUT2D eigenvalue weighted by molar-refractivity contribution is 5.09. The van der Waals surface area contributed by atoms with Crippen LogP contribution in [0.25, 0.3) is 0 Å². The van der Waals surface area contributed by atoms with Gasteiger partial charge in [-0.2, -0.15) is 5.10 Å². The molecule has 0 aliphatic heterocycles. The quantitative estimate of drug-likeness (QED) is 0.733. The second kappa shape index (κ2) is 8.27.